The highest BCUT2D eigenvalue weighted by molar-refractivity contribution is 14.1. The van der Waals surface area contributed by atoms with Crippen molar-refractivity contribution >= 4 is 34.2 Å². The van der Waals surface area contributed by atoms with Gasteiger partial charge in [-0.15, -0.1) is 0 Å². The second-order valence-electron chi connectivity index (χ2n) is 2.39. The van der Waals surface area contributed by atoms with E-state index in [4.69, 9.17) is 11.6 Å². The van der Waals surface area contributed by atoms with Gasteiger partial charge in [0.05, 0.1) is 13.0 Å². The molecule has 0 bridgehead atoms. The second kappa shape index (κ2) is 4.90. The molecular formula is C7H7ClFIN2O. The van der Waals surface area contributed by atoms with Gasteiger partial charge in [0.1, 0.15) is 8.72 Å². The molecule has 0 aliphatic heterocycles. The van der Waals surface area contributed by atoms with Crippen LogP contribution in [0.25, 0.3) is 0 Å². The first kappa shape index (κ1) is 10.9. The number of halogens is 3. The summed E-state index contributed by atoms with van der Waals surface area (Å²) in [5.74, 6) is 0. The van der Waals surface area contributed by atoms with Gasteiger partial charge < -0.3 is 0 Å². The van der Waals surface area contributed by atoms with Crippen LogP contribution in [0.2, 0.25) is 5.15 Å². The van der Waals surface area contributed by atoms with Crippen LogP contribution in [-0.4, -0.2) is 16.2 Å². The number of hydrogen-bond donors (Lipinski definition) is 0. The Balaban J connectivity index is 2.97. The van der Waals surface area contributed by atoms with Gasteiger partial charge in [-0.05, 0) is 29.0 Å². The van der Waals surface area contributed by atoms with E-state index in [1.807, 2.05) is 22.6 Å². The number of nitrogens with zero attached hydrogens (tertiary/aromatic N) is 2. The van der Waals surface area contributed by atoms with Crippen molar-refractivity contribution in [1.82, 2.24) is 9.55 Å². The highest BCUT2D eigenvalue weighted by Crippen LogP contribution is 2.09. The molecule has 13 heavy (non-hydrogen) atoms. The van der Waals surface area contributed by atoms with Gasteiger partial charge in [0.25, 0.3) is 5.56 Å². The maximum atomic E-state index is 11.8. The summed E-state index contributed by atoms with van der Waals surface area (Å²) in [6, 6.07) is 0. The fourth-order valence-electron chi connectivity index (χ4n) is 0.833. The number of hydrogen-bond acceptors (Lipinski definition) is 2. The van der Waals surface area contributed by atoms with Gasteiger partial charge in [-0.25, -0.2) is 4.98 Å². The van der Waals surface area contributed by atoms with Gasteiger partial charge in [-0.1, -0.05) is 11.6 Å². The van der Waals surface area contributed by atoms with Crippen LogP contribution >= 0.6 is 34.2 Å². The maximum Gasteiger partial charge on any atom is 0.268 e. The van der Waals surface area contributed by atoms with Crippen LogP contribution in [-0.2, 0) is 6.54 Å². The van der Waals surface area contributed by atoms with Crippen molar-refractivity contribution in [3.05, 3.63) is 25.4 Å². The van der Waals surface area contributed by atoms with Crippen molar-refractivity contribution in [3.8, 4) is 0 Å². The zero-order valence-electron chi connectivity index (χ0n) is 6.64. The molecule has 0 unspecified atom stereocenters. The van der Waals surface area contributed by atoms with Crippen molar-refractivity contribution in [3.63, 3.8) is 0 Å². The summed E-state index contributed by atoms with van der Waals surface area (Å²) in [7, 11) is 0. The van der Waals surface area contributed by atoms with E-state index in [-0.39, 0.29) is 10.7 Å². The van der Waals surface area contributed by atoms with E-state index in [1.54, 1.807) is 0 Å². The van der Waals surface area contributed by atoms with E-state index < -0.39 is 6.67 Å². The minimum atomic E-state index is -0.439. The minimum Gasteiger partial charge on any atom is -0.298 e. The largest absolute Gasteiger partial charge is 0.298 e. The summed E-state index contributed by atoms with van der Waals surface area (Å²) in [6.45, 7) is -0.0961. The number of aromatic nitrogens is 2. The predicted molar refractivity (Wildman–Crippen MR) is 56.8 cm³/mol. The molecule has 0 saturated carbocycles. The molecule has 0 aromatic carbocycles. The topological polar surface area (TPSA) is 34.9 Å². The first-order valence-corrected chi connectivity index (χ1v) is 5.09. The Hall–Kier alpha value is -0.170. The van der Waals surface area contributed by atoms with Gasteiger partial charge in [0, 0.05) is 6.54 Å². The van der Waals surface area contributed by atoms with Crippen LogP contribution in [0.4, 0.5) is 4.39 Å². The average molecular weight is 317 g/mol. The molecule has 0 radical (unpaired) electrons. The third kappa shape index (κ3) is 2.63. The predicted octanol–water partition coefficient (Wildman–Crippen LogP) is 1.86. The number of alkyl halides is 1. The quantitative estimate of drug-likeness (QED) is 0.630. The second-order valence-corrected chi connectivity index (χ2v) is 3.83. The Labute approximate surface area is 93.1 Å². The lowest BCUT2D eigenvalue weighted by Crippen LogP contribution is -2.23. The smallest absolute Gasteiger partial charge is 0.268 e. The van der Waals surface area contributed by atoms with Gasteiger partial charge in [-0.2, -0.15) is 0 Å². The monoisotopic (exact) mass is 316 g/mol. The van der Waals surface area contributed by atoms with E-state index >= 15 is 0 Å². The summed E-state index contributed by atoms with van der Waals surface area (Å²) < 4.78 is 13.6. The van der Waals surface area contributed by atoms with Crippen molar-refractivity contribution in [2.45, 2.75) is 13.0 Å². The van der Waals surface area contributed by atoms with Crippen molar-refractivity contribution in [2.24, 2.45) is 0 Å². The van der Waals surface area contributed by atoms with Crippen LogP contribution in [0.5, 0.6) is 0 Å². The molecule has 0 saturated heterocycles. The fraction of sp³-hybridized carbons (Fsp3) is 0.429. The zero-order valence-corrected chi connectivity index (χ0v) is 9.55. The molecule has 0 fully saturated rings. The van der Waals surface area contributed by atoms with Gasteiger partial charge >= 0.3 is 0 Å². The summed E-state index contributed by atoms with van der Waals surface area (Å²) in [5.41, 5.74) is -0.214. The van der Waals surface area contributed by atoms with Crippen molar-refractivity contribution in [1.29, 1.82) is 0 Å². The molecule has 1 aromatic heterocycles. The van der Waals surface area contributed by atoms with Crippen LogP contribution in [0, 0.1) is 3.57 Å². The zero-order chi connectivity index (χ0) is 9.84. The Morgan fingerprint density at radius 1 is 1.69 bits per heavy atom. The van der Waals surface area contributed by atoms with Gasteiger partial charge in [-0.3, -0.25) is 13.8 Å². The fourth-order valence-corrected chi connectivity index (χ4v) is 1.41. The Morgan fingerprint density at radius 3 is 3.00 bits per heavy atom. The highest BCUT2D eigenvalue weighted by Gasteiger charge is 2.05. The third-order valence-electron chi connectivity index (χ3n) is 1.47. The van der Waals surface area contributed by atoms with E-state index in [2.05, 4.69) is 4.98 Å². The Morgan fingerprint density at radius 2 is 2.38 bits per heavy atom. The molecule has 1 heterocycles. The summed E-state index contributed by atoms with van der Waals surface area (Å²) in [6.07, 6.45) is 1.65. The SMILES string of the molecule is O=c1c(I)c(Cl)ncn1CCCF. The lowest BCUT2D eigenvalue weighted by Gasteiger charge is -2.03. The van der Waals surface area contributed by atoms with E-state index in [0.29, 0.717) is 16.5 Å². The van der Waals surface area contributed by atoms with Gasteiger partial charge in [0.2, 0.25) is 0 Å². The summed E-state index contributed by atoms with van der Waals surface area (Å²) >= 11 is 7.44. The molecule has 72 valence electrons. The Bertz CT molecular complexity index is 355. The molecule has 0 N–H and O–H groups in total. The third-order valence-corrected chi connectivity index (χ3v) is 3.05. The molecule has 1 aromatic rings. The Kier molecular flexibility index (Phi) is 4.11. The maximum absolute atomic E-state index is 11.8. The number of aryl methyl sites for hydroxylation is 1. The van der Waals surface area contributed by atoms with Crippen LogP contribution in [0.1, 0.15) is 6.42 Å². The standard InChI is InChI=1S/C7H7ClFIN2O/c8-6-5(10)7(13)12(4-11-6)3-1-2-9/h4H,1-3H2. The molecular weight excluding hydrogens is 309 g/mol. The van der Waals surface area contributed by atoms with Crippen LogP contribution in [0.3, 0.4) is 0 Å². The van der Waals surface area contributed by atoms with E-state index in [9.17, 15) is 9.18 Å². The van der Waals surface area contributed by atoms with E-state index in [1.165, 1.54) is 10.9 Å². The molecule has 1 rings (SSSR count). The van der Waals surface area contributed by atoms with Crippen molar-refractivity contribution in [2.75, 3.05) is 6.67 Å². The highest BCUT2D eigenvalue weighted by atomic mass is 127. The molecule has 0 atom stereocenters. The first-order valence-electron chi connectivity index (χ1n) is 3.63. The lowest BCUT2D eigenvalue weighted by molar-refractivity contribution is 0.441. The van der Waals surface area contributed by atoms with Crippen LogP contribution in [0.15, 0.2) is 11.1 Å². The summed E-state index contributed by atoms with van der Waals surface area (Å²) in [4.78, 5) is 15.2. The molecule has 0 aliphatic rings. The molecule has 0 spiro atoms. The summed E-state index contributed by atoms with van der Waals surface area (Å²) in [5, 5.41) is 0.196. The van der Waals surface area contributed by atoms with Gasteiger partial charge in [0.15, 0.2) is 0 Å². The molecule has 6 heteroatoms. The normalized spacial score (nSPS) is 10.4. The average Bonchev–Trinajstić information content (AvgIpc) is 2.13. The molecule has 3 nitrogen and oxygen atoms in total. The minimum absolute atomic E-state index is 0.196. The first-order chi connectivity index (χ1) is 6.16. The van der Waals surface area contributed by atoms with Crippen molar-refractivity contribution < 1.29 is 4.39 Å². The molecule has 0 amide bonds. The molecule has 0 aliphatic carbocycles. The van der Waals surface area contributed by atoms with E-state index in [0.717, 1.165) is 0 Å². The van der Waals surface area contributed by atoms with Crippen LogP contribution < -0.4 is 5.56 Å². The number of rotatable bonds is 3. The lowest BCUT2D eigenvalue weighted by atomic mass is 10.4.